The molecule has 0 bridgehead atoms. The second-order valence-corrected chi connectivity index (χ2v) is 5.76. The summed E-state index contributed by atoms with van der Waals surface area (Å²) in [6.07, 6.45) is 5.84. The Morgan fingerprint density at radius 1 is 1.09 bits per heavy atom. The van der Waals surface area contributed by atoms with Crippen molar-refractivity contribution >= 4 is 0 Å². The Kier molecular flexibility index (Phi) is 3.85. The smallest absolute Gasteiger partial charge is 0.156 e. The van der Waals surface area contributed by atoms with Gasteiger partial charge in [0.2, 0.25) is 0 Å². The second kappa shape index (κ2) is 6.29. The molecule has 2 aromatic heterocycles. The van der Waals surface area contributed by atoms with Gasteiger partial charge in [-0.2, -0.15) is 4.68 Å². The highest BCUT2D eigenvalue weighted by Gasteiger charge is 2.16. The number of tetrazole rings is 1. The van der Waals surface area contributed by atoms with Crippen LogP contribution in [0.2, 0.25) is 0 Å². The predicted octanol–water partition coefficient (Wildman–Crippen LogP) is 1.31. The van der Waals surface area contributed by atoms with Gasteiger partial charge in [-0.3, -0.25) is 4.90 Å². The molecule has 0 N–H and O–H groups in total. The van der Waals surface area contributed by atoms with Crippen LogP contribution in [-0.4, -0.2) is 47.7 Å². The van der Waals surface area contributed by atoms with E-state index in [2.05, 4.69) is 36.2 Å². The van der Waals surface area contributed by atoms with E-state index in [9.17, 15) is 0 Å². The van der Waals surface area contributed by atoms with Gasteiger partial charge >= 0.3 is 0 Å². The van der Waals surface area contributed by atoms with E-state index < -0.39 is 0 Å². The monoisotopic (exact) mass is 309 g/mol. The molecule has 1 aliphatic rings. The fourth-order valence-electron chi connectivity index (χ4n) is 3.01. The average molecular weight is 309 g/mol. The number of aromatic nitrogens is 6. The van der Waals surface area contributed by atoms with Gasteiger partial charge in [-0.05, 0) is 35.5 Å². The quantitative estimate of drug-likeness (QED) is 0.711. The van der Waals surface area contributed by atoms with Crippen molar-refractivity contribution in [1.29, 1.82) is 0 Å². The number of imidazole rings is 1. The summed E-state index contributed by atoms with van der Waals surface area (Å²) in [5, 5.41) is 12.1. The van der Waals surface area contributed by atoms with Crippen molar-refractivity contribution in [2.24, 2.45) is 0 Å². The molecule has 0 atom stereocenters. The van der Waals surface area contributed by atoms with Crippen LogP contribution in [0.3, 0.4) is 0 Å². The van der Waals surface area contributed by atoms with Crippen molar-refractivity contribution < 1.29 is 0 Å². The normalized spacial score (nSPS) is 14.8. The Labute approximate surface area is 134 Å². The highest BCUT2D eigenvalue weighted by atomic mass is 15.5. The first-order chi connectivity index (χ1) is 11.4. The lowest BCUT2D eigenvalue weighted by Gasteiger charge is -2.27. The lowest BCUT2D eigenvalue weighted by molar-refractivity contribution is 0.214. The zero-order valence-electron chi connectivity index (χ0n) is 12.9. The number of hydrogen-bond acceptors (Lipinski definition) is 5. The number of hydrogen-bond donors (Lipinski definition) is 0. The fraction of sp³-hybridized carbons (Fsp3) is 0.375. The maximum atomic E-state index is 4.40. The molecular weight excluding hydrogens is 290 g/mol. The number of para-hydroxylation sites is 1. The van der Waals surface area contributed by atoms with Crippen molar-refractivity contribution in [1.82, 2.24) is 34.7 Å². The van der Waals surface area contributed by atoms with E-state index in [-0.39, 0.29) is 0 Å². The summed E-state index contributed by atoms with van der Waals surface area (Å²) in [6.45, 7) is 4.06. The van der Waals surface area contributed by atoms with Crippen molar-refractivity contribution in [3.05, 3.63) is 54.4 Å². The van der Waals surface area contributed by atoms with Crippen LogP contribution < -0.4 is 0 Å². The number of nitrogens with zero attached hydrogens (tertiary/aromatic N) is 7. The third-order valence-electron chi connectivity index (χ3n) is 4.23. The van der Waals surface area contributed by atoms with Crippen molar-refractivity contribution in [2.45, 2.75) is 25.9 Å². The molecule has 3 heterocycles. The van der Waals surface area contributed by atoms with Crippen molar-refractivity contribution in [3.8, 4) is 5.69 Å². The Bertz CT molecular complexity index is 762. The maximum Gasteiger partial charge on any atom is 0.156 e. The van der Waals surface area contributed by atoms with Gasteiger partial charge in [-0.15, -0.1) is 5.10 Å². The minimum atomic E-state index is 0.868. The Hall–Kier alpha value is -2.54. The largest absolute Gasteiger partial charge is 0.333 e. The van der Waals surface area contributed by atoms with Crippen molar-refractivity contribution in [2.75, 3.05) is 13.1 Å². The molecule has 0 amide bonds. The molecule has 0 fully saturated rings. The molecule has 7 heteroatoms. The van der Waals surface area contributed by atoms with Gasteiger partial charge in [0.1, 0.15) is 5.82 Å². The van der Waals surface area contributed by atoms with Gasteiger partial charge in [-0.25, -0.2) is 4.98 Å². The standard InChI is InChI=1S/C16H19N7/c1-2-5-14(6-3-1)23-15(18-19-20-23)7-4-9-21-11-12-22-10-8-17-16(22)13-21/h1-3,5-6,8,10H,4,7,9,11-13H2. The predicted molar refractivity (Wildman–Crippen MR) is 85.0 cm³/mol. The molecule has 0 saturated carbocycles. The zero-order chi connectivity index (χ0) is 15.5. The molecule has 4 rings (SSSR count). The molecule has 0 aliphatic carbocycles. The second-order valence-electron chi connectivity index (χ2n) is 5.76. The molecule has 0 spiro atoms. The number of aryl methyl sites for hydroxylation is 1. The summed E-state index contributed by atoms with van der Waals surface area (Å²) in [4.78, 5) is 6.85. The molecule has 1 aliphatic heterocycles. The molecule has 118 valence electrons. The molecule has 23 heavy (non-hydrogen) atoms. The van der Waals surface area contributed by atoms with E-state index in [4.69, 9.17) is 0 Å². The maximum absolute atomic E-state index is 4.40. The minimum absolute atomic E-state index is 0.868. The third-order valence-corrected chi connectivity index (χ3v) is 4.23. The van der Waals surface area contributed by atoms with E-state index in [0.29, 0.717) is 0 Å². The zero-order valence-corrected chi connectivity index (χ0v) is 12.9. The van der Waals surface area contributed by atoms with Crippen molar-refractivity contribution in [3.63, 3.8) is 0 Å². The first-order valence-corrected chi connectivity index (χ1v) is 7.95. The van der Waals surface area contributed by atoms with Crippen LogP contribution in [-0.2, 0) is 19.5 Å². The third kappa shape index (κ3) is 3.00. The summed E-state index contributed by atoms with van der Waals surface area (Å²) in [5.74, 6) is 2.07. The van der Waals surface area contributed by atoms with Gasteiger partial charge in [0, 0.05) is 31.9 Å². The topological polar surface area (TPSA) is 64.7 Å². The molecular formula is C16H19N7. The molecule has 0 radical (unpaired) electrons. The average Bonchev–Trinajstić information content (AvgIpc) is 3.24. The summed E-state index contributed by atoms with van der Waals surface area (Å²) < 4.78 is 4.05. The number of fused-ring (bicyclic) bond motifs is 1. The van der Waals surface area contributed by atoms with E-state index in [1.807, 2.05) is 41.2 Å². The van der Waals surface area contributed by atoms with Crippen LogP contribution in [0.25, 0.3) is 5.69 Å². The lowest BCUT2D eigenvalue weighted by atomic mass is 10.2. The number of benzene rings is 1. The van der Waals surface area contributed by atoms with E-state index in [1.54, 1.807) is 0 Å². The van der Waals surface area contributed by atoms with Gasteiger partial charge in [0.25, 0.3) is 0 Å². The van der Waals surface area contributed by atoms with Crippen LogP contribution in [0.15, 0.2) is 42.7 Å². The van der Waals surface area contributed by atoms with Crippen LogP contribution >= 0.6 is 0 Å². The summed E-state index contributed by atoms with van der Waals surface area (Å²) in [5.41, 5.74) is 1.01. The van der Waals surface area contributed by atoms with Crippen LogP contribution in [0.4, 0.5) is 0 Å². The Morgan fingerprint density at radius 2 is 2.00 bits per heavy atom. The first kappa shape index (κ1) is 14.1. The summed E-state index contributed by atoms with van der Waals surface area (Å²) >= 11 is 0. The number of rotatable bonds is 5. The first-order valence-electron chi connectivity index (χ1n) is 7.95. The molecule has 0 unspecified atom stereocenters. The van der Waals surface area contributed by atoms with Crippen LogP contribution in [0.1, 0.15) is 18.1 Å². The highest BCUT2D eigenvalue weighted by Crippen LogP contribution is 2.12. The molecule has 1 aromatic carbocycles. The SMILES string of the molecule is c1ccc(-n2nnnc2CCCN2CCn3ccnc3C2)cc1. The molecule has 7 nitrogen and oxygen atoms in total. The van der Waals surface area contributed by atoms with Gasteiger partial charge in [0.05, 0.1) is 12.2 Å². The summed E-state index contributed by atoms with van der Waals surface area (Å²) in [7, 11) is 0. The van der Waals surface area contributed by atoms with Gasteiger partial charge in [0.15, 0.2) is 5.82 Å². The van der Waals surface area contributed by atoms with E-state index in [1.165, 1.54) is 0 Å². The fourth-order valence-corrected chi connectivity index (χ4v) is 3.01. The van der Waals surface area contributed by atoms with Gasteiger partial charge < -0.3 is 4.57 Å². The lowest BCUT2D eigenvalue weighted by Crippen LogP contribution is -2.34. The molecule has 3 aromatic rings. The van der Waals surface area contributed by atoms with Gasteiger partial charge in [-0.1, -0.05) is 18.2 Å². The van der Waals surface area contributed by atoms with E-state index >= 15 is 0 Å². The Balaban J connectivity index is 1.35. The minimum Gasteiger partial charge on any atom is -0.333 e. The van der Waals surface area contributed by atoms with E-state index in [0.717, 1.165) is 56.4 Å². The van der Waals surface area contributed by atoms with Crippen LogP contribution in [0, 0.1) is 0 Å². The summed E-state index contributed by atoms with van der Waals surface area (Å²) in [6, 6.07) is 10.0. The highest BCUT2D eigenvalue weighted by molar-refractivity contribution is 5.30. The Morgan fingerprint density at radius 3 is 2.91 bits per heavy atom. The van der Waals surface area contributed by atoms with Crippen LogP contribution in [0.5, 0.6) is 0 Å². The molecule has 0 saturated heterocycles.